The van der Waals surface area contributed by atoms with Crippen molar-refractivity contribution >= 4 is 58.3 Å². The number of carbonyl (C=O) groups excluding carboxylic acids is 5. The van der Waals surface area contributed by atoms with Gasteiger partial charge < -0.3 is 41.2 Å². The summed E-state index contributed by atoms with van der Waals surface area (Å²) in [6.07, 6.45) is 1.08. The maximum atomic E-state index is 13.1. The highest BCUT2D eigenvalue weighted by Crippen LogP contribution is 2.19. The zero-order chi connectivity index (χ0) is 35.2. The molecular formula is C31H41N9O8. The lowest BCUT2D eigenvalue weighted by Crippen LogP contribution is -2.45. The molecule has 0 saturated heterocycles. The number of ether oxygens (including phenoxy) is 3. The molecular weight excluding hydrogens is 626 g/mol. The van der Waals surface area contributed by atoms with Gasteiger partial charge in [0, 0.05) is 31.1 Å². The summed E-state index contributed by atoms with van der Waals surface area (Å²) in [5.41, 5.74) is 13.8. The number of hydrogen-bond donors (Lipinski definition) is 4. The van der Waals surface area contributed by atoms with E-state index in [1.165, 1.54) is 0 Å². The number of anilines is 3. The summed E-state index contributed by atoms with van der Waals surface area (Å²) in [6.45, 7) is 5.58. The molecule has 6 N–H and O–H groups in total. The minimum absolute atomic E-state index is 0.00551. The number of nitrogens with two attached hydrogens (primary N) is 2. The second kappa shape index (κ2) is 17.9. The molecule has 258 valence electrons. The molecule has 1 aromatic carbocycles. The van der Waals surface area contributed by atoms with Crippen LogP contribution >= 0.6 is 0 Å². The minimum atomic E-state index is -1.15. The number of benzene rings is 1. The third-order valence-corrected chi connectivity index (χ3v) is 6.86. The van der Waals surface area contributed by atoms with E-state index >= 15 is 0 Å². The first-order chi connectivity index (χ1) is 22.9. The molecule has 3 rings (SSSR count). The normalized spacial score (nSPS) is 12.0. The molecule has 0 radical (unpaired) electrons. The first-order valence-corrected chi connectivity index (χ1v) is 15.4. The number of aromatic nitrogens is 4. The van der Waals surface area contributed by atoms with Crippen molar-refractivity contribution in [1.82, 2.24) is 30.6 Å². The van der Waals surface area contributed by atoms with Crippen LogP contribution in [0, 0.1) is 0 Å². The average Bonchev–Trinajstić information content (AvgIpc) is 3.05. The first kappa shape index (κ1) is 36.9. The van der Waals surface area contributed by atoms with Crippen LogP contribution in [0.2, 0.25) is 0 Å². The topological polar surface area (TPSA) is 244 Å². The highest BCUT2D eigenvalue weighted by molar-refractivity contribution is 5.97. The van der Waals surface area contributed by atoms with Crippen LogP contribution in [0.5, 0.6) is 0 Å². The van der Waals surface area contributed by atoms with Gasteiger partial charge in [0.2, 0.25) is 11.9 Å². The van der Waals surface area contributed by atoms with Gasteiger partial charge in [-0.2, -0.15) is 9.97 Å². The molecule has 0 aliphatic rings. The Balaban J connectivity index is 1.62. The van der Waals surface area contributed by atoms with E-state index in [1.807, 2.05) is 11.9 Å². The number of nitrogens with one attached hydrogen (secondary N) is 2. The molecule has 17 heteroatoms. The van der Waals surface area contributed by atoms with Crippen LogP contribution in [0.1, 0.15) is 62.5 Å². The van der Waals surface area contributed by atoms with E-state index < -0.39 is 41.8 Å². The van der Waals surface area contributed by atoms with Crippen molar-refractivity contribution in [2.24, 2.45) is 0 Å². The van der Waals surface area contributed by atoms with Gasteiger partial charge in [0.25, 0.3) is 5.91 Å². The maximum absolute atomic E-state index is 13.1. The molecule has 0 spiro atoms. The number of esters is 3. The third kappa shape index (κ3) is 10.7. The fourth-order valence-electron chi connectivity index (χ4n) is 4.52. The van der Waals surface area contributed by atoms with E-state index in [2.05, 4.69) is 30.6 Å². The van der Waals surface area contributed by atoms with Crippen molar-refractivity contribution < 1.29 is 38.2 Å². The van der Waals surface area contributed by atoms with Crippen molar-refractivity contribution in [1.29, 1.82) is 0 Å². The van der Waals surface area contributed by atoms with Crippen LogP contribution in [-0.2, 0) is 39.9 Å². The van der Waals surface area contributed by atoms with E-state index in [1.54, 1.807) is 51.2 Å². The Hall–Kier alpha value is -5.61. The average molecular weight is 668 g/mol. The van der Waals surface area contributed by atoms with E-state index in [-0.39, 0.29) is 68.5 Å². The van der Waals surface area contributed by atoms with Crippen molar-refractivity contribution in [3.05, 3.63) is 41.7 Å². The Bertz CT molecular complexity index is 1600. The molecule has 0 fully saturated rings. The van der Waals surface area contributed by atoms with Crippen LogP contribution in [0.3, 0.4) is 0 Å². The molecule has 48 heavy (non-hydrogen) atoms. The van der Waals surface area contributed by atoms with Crippen LogP contribution in [-0.4, -0.2) is 88.6 Å². The summed E-state index contributed by atoms with van der Waals surface area (Å²) in [6, 6.07) is 4.38. The smallest absolute Gasteiger partial charge is 0.328 e. The number of nitrogens with zero attached hydrogens (tertiary/aromatic N) is 5. The number of nitrogen functional groups attached to an aromatic ring is 2. The lowest BCUT2D eigenvalue weighted by molar-refractivity contribution is -0.149. The van der Waals surface area contributed by atoms with Gasteiger partial charge in [0.1, 0.15) is 12.1 Å². The quantitative estimate of drug-likeness (QED) is 0.116. The maximum Gasteiger partial charge on any atom is 0.328 e. The van der Waals surface area contributed by atoms with Crippen molar-refractivity contribution in [3.8, 4) is 0 Å². The molecule has 0 aliphatic carbocycles. The monoisotopic (exact) mass is 667 g/mol. The second-order valence-corrected chi connectivity index (χ2v) is 10.4. The highest BCUT2D eigenvalue weighted by atomic mass is 16.5. The molecule has 17 nitrogen and oxygen atoms in total. The Kier molecular flexibility index (Phi) is 13.8. The molecule has 0 saturated carbocycles. The Morgan fingerprint density at radius 1 is 0.812 bits per heavy atom. The Labute approximate surface area is 277 Å². The standard InChI is InChI=1S/C31H41N9O8/c1-5-46-24(42)15-13-21(29(44)47-6-2)36-23(41)14-12-22(30(45)48-7-3)37-28(43)18-8-10-20(11-9-18)40(4)17-19-16-34-27-25(35-19)26(32)38-31(33)39-27/h8-11,16,21-22H,5-7,12-15,17H2,1-4H3,(H,36,41)(H,37,43)(H4,32,33,34,38,39)/t21-,22-/m0/s1. The van der Waals surface area contributed by atoms with Crippen molar-refractivity contribution in [2.75, 3.05) is 43.2 Å². The number of amides is 2. The SMILES string of the molecule is CCOC(=O)CC[C@H](NC(=O)CC[C@H](NC(=O)c1ccc(N(C)Cc2cnc3nc(N)nc(N)c3n2)cc1)C(=O)OCC)C(=O)OCC. The second-order valence-electron chi connectivity index (χ2n) is 10.4. The van der Waals surface area contributed by atoms with E-state index in [0.29, 0.717) is 17.8 Å². The molecule has 0 bridgehead atoms. The lowest BCUT2D eigenvalue weighted by atomic mass is 10.1. The van der Waals surface area contributed by atoms with Crippen LogP contribution in [0.15, 0.2) is 30.5 Å². The van der Waals surface area contributed by atoms with E-state index in [0.717, 1.165) is 5.69 Å². The molecule has 0 aliphatic heterocycles. The largest absolute Gasteiger partial charge is 0.466 e. The van der Waals surface area contributed by atoms with Gasteiger partial charge in [-0.05, 0) is 57.9 Å². The van der Waals surface area contributed by atoms with Gasteiger partial charge in [-0.3, -0.25) is 14.4 Å². The highest BCUT2D eigenvalue weighted by Gasteiger charge is 2.27. The molecule has 2 heterocycles. The summed E-state index contributed by atoms with van der Waals surface area (Å²) in [5.74, 6) is -2.94. The fraction of sp³-hybridized carbons (Fsp3) is 0.452. The number of hydrogen-bond acceptors (Lipinski definition) is 15. The van der Waals surface area contributed by atoms with Gasteiger partial charge in [-0.1, -0.05) is 0 Å². The molecule has 2 amide bonds. The summed E-state index contributed by atoms with van der Waals surface area (Å²) in [7, 11) is 1.83. The predicted octanol–water partition coefficient (Wildman–Crippen LogP) is 1.05. The predicted molar refractivity (Wildman–Crippen MR) is 174 cm³/mol. The van der Waals surface area contributed by atoms with Gasteiger partial charge in [-0.25, -0.2) is 19.6 Å². The molecule has 2 aromatic heterocycles. The Morgan fingerprint density at radius 2 is 1.42 bits per heavy atom. The molecule has 0 unspecified atom stereocenters. The van der Waals surface area contributed by atoms with Gasteiger partial charge in [0.15, 0.2) is 17.0 Å². The van der Waals surface area contributed by atoms with Crippen LogP contribution < -0.4 is 27.0 Å². The number of carbonyl (C=O) groups is 5. The van der Waals surface area contributed by atoms with Gasteiger partial charge >= 0.3 is 17.9 Å². The zero-order valence-corrected chi connectivity index (χ0v) is 27.4. The lowest BCUT2D eigenvalue weighted by Gasteiger charge is -2.20. The zero-order valence-electron chi connectivity index (χ0n) is 27.4. The minimum Gasteiger partial charge on any atom is -0.466 e. The van der Waals surface area contributed by atoms with Gasteiger partial charge in [-0.15, -0.1) is 0 Å². The van der Waals surface area contributed by atoms with Crippen LogP contribution in [0.4, 0.5) is 17.5 Å². The van der Waals surface area contributed by atoms with Crippen molar-refractivity contribution in [2.45, 2.75) is 65.1 Å². The molecule has 3 aromatic rings. The summed E-state index contributed by atoms with van der Waals surface area (Å²) in [4.78, 5) is 81.3. The van der Waals surface area contributed by atoms with Crippen molar-refractivity contribution in [3.63, 3.8) is 0 Å². The van der Waals surface area contributed by atoms with Gasteiger partial charge in [0.05, 0.1) is 38.3 Å². The van der Waals surface area contributed by atoms with Crippen LogP contribution in [0.25, 0.3) is 11.2 Å². The Morgan fingerprint density at radius 3 is 2.04 bits per heavy atom. The third-order valence-electron chi connectivity index (χ3n) is 6.86. The van der Waals surface area contributed by atoms with E-state index in [4.69, 9.17) is 25.7 Å². The summed E-state index contributed by atoms with van der Waals surface area (Å²) < 4.78 is 15.0. The fourth-order valence-corrected chi connectivity index (χ4v) is 4.52. The first-order valence-electron chi connectivity index (χ1n) is 15.4. The number of rotatable bonds is 17. The molecule has 2 atom stereocenters. The van der Waals surface area contributed by atoms with E-state index in [9.17, 15) is 24.0 Å². The number of fused-ring (bicyclic) bond motifs is 1. The summed E-state index contributed by atoms with van der Waals surface area (Å²) >= 11 is 0. The summed E-state index contributed by atoms with van der Waals surface area (Å²) in [5, 5.41) is 5.17.